The van der Waals surface area contributed by atoms with Crippen LogP contribution in [0.5, 0.6) is 23.0 Å². The van der Waals surface area contributed by atoms with Crippen LogP contribution < -0.4 is 9.47 Å². The molecule has 1 aliphatic rings. The fourth-order valence-corrected chi connectivity index (χ4v) is 3.22. The summed E-state index contributed by atoms with van der Waals surface area (Å²) in [6.07, 6.45) is 3.12. The summed E-state index contributed by atoms with van der Waals surface area (Å²) in [5, 5.41) is 28.6. The molecular formula is C28H30MnN2O8+2. The zero-order valence-corrected chi connectivity index (χ0v) is 22.5. The fraction of sp³-hybridized carbons (Fsp3) is 0.250. The number of hydrogen-bond donors (Lipinski definition) is 3. The predicted octanol–water partition coefficient (Wildman–Crippen LogP) is 4.49. The Labute approximate surface area is 237 Å². The van der Waals surface area contributed by atoms with E-state index < -0.39 is 5.97 Å². The van der Waals surface area contributed by atoms with Crippen LogP contribution >= 0.6 is 0 Å². The number of fused-ring (bicyclic) bond motifs is 5. The monoisotopic (exact) mass is 577 g/mol. The van der Waals surface area contributed by atoms with Gasteiger partial charge >= 0.3 is 17.1 Å². The van der Waals surface area contributed by atoms with Crippen LogP contribution in [0.2, 0.25) is 0 Å². The van der Waals surface area contributed by atoms with Gasteiger partial charge in [0, 0.05) is 30.5 Å². The van der Waals surface area contributed by atoms with E-state index >= 15 is 0 Å². The smallest absolute Gasteiger partial charge is 0.504 e. The number of rotatable bonds is 0. The van der Waals surface area contributed by atoms with Gasteiger partial charge in [0.25, 0.3) is 5.97 Å². The summed E-state index contributed by atoms with van der Waals surface area (Å²) in [6.45, 7) is 3.15. The summed E-state index contributed by atoms with van der Waals surface area (Å²) >= 11 is 0. The van der Waals surface area contributed by atoms with E-state index in [1.165, 1.54) is 0 Å². The summed E-state index contributed by atoms with van der Waals surface area (Å²) in [7, 11) is 0. The molecule has 0 fully saturated rings. The number of benzene rings is 3. The molecule has 0 atom stereocenters. The number of carboxylic acid groups (broad SMARTS) is 1. The molecule has 4 rings (SSSR count). The molecule has 3 N–H and O–H groups in total. The number of para-hydroxylation sites is 4. The molecule has 11 heteroatoms. The number of aromatic hydroxyl groups is 2. The molecule has 3 aromatic carbocycles. The van der Waals surface area contributed by atoms with Crippen molar-refractivity contribution < 1.29 is 56.1 Å². The first kappa shape index (κ1) is 31.3. The third kappa shape index (κ3) is 10.4. The van der Waals surface area contributed by atoms with Gasteiger partial charge < -0.3 is 34.3 Å². The Hall–Kier alpha value is -3.89. The molecule has 1 radical (unpaired) electrons. The summed E-state index contributed by atoms with van der Waals surface area (Å²) in [5.74, 6) is -0.131. The Morgan fingerprint density at radius 2 is 1.05 bits per heavy atom. The van der Waals surface area contributed by atoms with Crippen molar-refractivity contribution in [3.05, 3.63) is 71.8 Å². The second-order valence-corrected chi connectivity index (χ2v) is 7.83. The summed E-state index contributed by atoms with van der Waals surface area (Å²) < 4.78 is 22.3. The minimum absolute atomic E-state index is 0. The van der Waals surface area contributed by atoms with Crippen LogP contribution in [-0.2, 0) is 31.3 Å². The molecule has 1 heterocycles. The third-order valence-corrected chi connectivity index (χ3v) is 4.97. The number of hydrogen-bond acceptors (Lipinski definition) is 9. The molecule has 0 amide bonds. The molecule has 0 spiro atoms. The summed E-state index contributed by atoms with van der Waals surface area (Å²) in [6, 6.07) is 17.8. The molecule has 0 saturated carbocycles. The average Bonchev–Trinajstić information content (AvgIpc) is 2.89. The molecule has 10 nitrogen and oxygen atoms in total. The minimum atomic E-state index is -0.833. The SMILES string of the molecule is CC(=O)O.Oc1c2cccc1OCCOCCOCCOc1cccc(c1O)C=Nc1ccccc1N=C2.[Mn+2]. The Balaban J connectivity index is 0.000000998. The van der Waals surface area contributed by atoms with Gasteiger partial charge in [0.2, 0.25) is 0 Å². The van der Waals surface area contributed by atoms with Crippen LogP contribution in [0.4, 0.5) is 11.4 Å². The van der Waals surface area contributed by atoms with Gasteiger partial charge in [0.1, 0.15) is 13.2 Å². The van der Waals surface area contributed by atoms with E-state index in [2.05, 4.69) is 9.98 Å². The van der Waals surface area contributed by atoms with E-state index in [4.69, 9.17) is 28.8 Å². The van der Waals surface area contributed by atoms with Crippen LogP contribution in [-0.4, -0.2) is 73.4 Å². The maximum absolute atomic E-state index is 10.6. The van der Waals surface area contributed by atoms with Crippen LogP contribution in [0.1, 0.15) is 18.1 Å². The first-order chi connectivity index (χ1) is 18.5. The maximum Gasteiger partial charge on any atom is 2.00 e. The van der Waals surface area contributed by atoms with E-state index in [-0.39, 0.29) is 41.8 Å². The van der Waals surface area contributed by atoms with E-state index in [0.29, 0.717) is 60.4 Å². The second-order valence-electron chi connectivity index (χ2n) is 7.83. The molecule has 4 bridgehead atoms. The third-order valence-electron chi connectivity index (χ3n) is 4.97. The van der Waals surface area contributed by atoms with Gasteiger partial charge in [-0.15, -0.1) is 0 Å². The normalized spacial score (nSPS) is 13.9. The molecule has 205 valence electrons. The van der Waals surface area contributed by atoms with Crippen molar-refractivity contribution in [2.24, 2.45) is 9.98 Å². The van der Waals surface area contributed by atoms with Crippen molar-refractivity contribution in [1.82, 2.24) is 0 Å². The zero-order valence-electron chi connectivity index (χ0n) is 21.3. The second kappa shape index (κ2) is 16.8. The average molecular weight is 577 g/mol. The Morgan fingerprint density at radius 3 is 1.46 bits per heavy atom. The van der Waals surface area contributed by atoms with Gasteiger partial charge in [0.05, 0.1) is 37.8 Å². The van der Waals surface area contributed by atoms with Crippen molar-refractivity contribution in [2.75, 3.05) is 39.6 Å². The molecular weight excluding hydrogens is 547 g/mol. The molecule has 0 aliphatic carbocycles. The van der Waals surface area contributed by atoms with Gasteiger partial charge in [-0.3, -0.25) is 14.8 Å². The number of phenolic OH excluding ortho intramolecular Hbond substituents is 2. The Morgan fingerprint density at radius 1 is 0.667 bits per heavy atom. The van der Waals surface area contributed by atoms with Gasteiger partial charge in [-0.1, -0.05) is 24.3 Å². The zero-order chi connectivity index (χ0) is 27.2. The van der Waals surface area contributed by atoms with Crippen molar-refractivity contribution >= 4 is 29.8 Å². The fourth-order valence-electron chi connectivity index (χ4n) is 3.22. The van der Waals surface area contributed by atoms with Gasteiger partial charge in [-0.05, 0) is 36.4 Å². The number of aliphatic imine (C=N–C) groups is 2. The quantitative estimate of drug-likeness (QED) is 0.332. The van der Waals surface area contributed by atoms with Crippen molar-refractivity contribution in [3.63, 3.8) is 0 Å². The van der Waals surface area contributed by atoms with E-state index in [1.807, 2.05) is 24.3 Å². The predicted molar refractivity (Wildman–Crippen MR) is 143 cm³/mol. The van der Waals surface area contributed by atoms with E-state index in [1.54, 1.807) is 48.8 Å². The number of carboxylic acids is 1. The first-order valence-electron chi connectivity index (χ1n) is 11.9. The molecule has 3 aromatic rings. The topological polar surface area (TPSA) is 139 Å². The molecule has 1 aliphatic heterocycles. The summed E-state index contributed by atoms with van der Waals surface area (Å²) in [5.41, 5.74) is 2.22. The van der Waals surface area contributed by atoms with Gasteiger partial charge in [-0.25, -0.2) is 0 Å². The van der Waals surface area contributed by atoms with Crippen molar-refractivity contribution in [1.29, 1.82) is 0 Å². The summed E-state index contributed by atoms with van der Waals surface area (Å²) in [4.78, 5) is 18.0. The van der Waals surface area contributed by atoms with E-state index in [0.717, 1.165) is 6.92 Å². The van der Waals surface area contributed by atoms with Gasteiger partial charge in [0.15, 0.2) is 23.0 Å². The molecule has 39 heavy (non-hydrogen) atoms. The van der Waals surface area contributed by atoms with Crippen molar-refractivity contribution in [2.45, 2.75) is 6.92 Å². The number of aliphatic carboxylic acids is 1. The number of ether oxygens (including phenoxy) is 4. The van der Waals surface area contributed by atoms with E-state index in [9.17, 15) is 10.2 Å². The number of carbonyl (C=O) groups is 1. The molecule has 0 aromatic heterocycles. The van der Waals surface area contributed by atoms with Crippen LogP contribution in [0.15, 0.2) is 70.6 Å². The first-order valence-corrected chi connectivity index (χ1v) is 11.9. The maximum atomic E-state index is 10.6. The standard InChI is InChI=1S/C26H26N2O6.C2H4O2.Mn/c29-25-19-5-3-9-23(25)33-15-13-31-11-12-32-14-16-34-24-10-4-6-20(26(24)30)18-28-22-8-2-1-7-21(22)27-17-19;1-2(3)4;/h1-10,17-18,29-30H,11-16H2;1H3,(H,3,4);/q;;+2. The van der Waals surface area contributed by atoms with Crippen molar-refractivity contribution in [3.8, 4) is 23.0 Å². The van der Waals surface area contributed by atoms with Gasteiger partial charge in [-0.2, -0.15) is 0 Å². The largest absolute Gasteiger partial charge is 2.00 e. The van der Waals surface area contributed by atoms with Crippen LogP contribution in [0, 0.1) is 0 Å². The Bertz CT molecular complexity index is 1170. The number of phenols is 2. The Kier molecular flexibility index (Phi) is 13.5. The minimum Gasteiger partial charge on any atom is -0.504 e. The van der Waals surface area contributed by atoms with Crippen LogP contribution in [0.25, 0.3) is 0 Å². The number of nitrogens with zero attached hydrogens (tertiary/aromatic N) is 2. The molecule has 0 unspecified atom stereocenters. The van der Waals surface area contributed by atoms with Crippen LogP contribution in [0.3, 0.4) is 0 Å². The molecule has 0 saturated heterocycles.